The summed E-state index contributed by atoms with van der Waals surface area (Å²) in [4.78, 5) is 0. The van der Waals surface area contributed by atoms with E-state index in [9.17, 15) is 0 Å². The molecule has 0 bridgehead atoms. The number of hydrogen-bond acceptors (Lipinski definition) is 3. The molecule has 2 heterocycles. The number of nitrogens with zero attached hydrogens (tertiary/aromatic N) is 3. The average Bonchev–Trinajstić information content (AvgIpc) is 3.54. The molecule has 8 rings (SSSR count). The summed E-state index contributed by atoms with van der Waals surface area (Å²) >= 11 is 0. The maximum absolute atomic E-state index is 8.73. The Hall–Kier alpha value is -5.68. The van der Waals surface area contributed by atoms with E-state index in [4.69, 9.17) is 5.41 Å². The monoisotopic (exact) mass is 527 g/mol. The minimum Gasteiger partial charge on any atom is -0.309 e. The maximum atomic E-state index is 8.73. The molecule has 2 N–H and O–H groups in total. The Morgan fingerprint density at radius 2 is 0.976 bits per heavy atom. The number of para-hydroxylation sites is 4. The second-order valence-electron chi connectivity index (χ2n) is 10.2. The number of aromatic nitrogens is 2. The Morgan fingerprint density at radius 1 is 0.512 bits per heavy atom. The van der Waals surface area contributed by atoms with Gasteiger partial charge in [0.2, 0.25) is 0 Å². The number of anilines is 1. The van der Waals surface area contributed by atoms with Crippen molar-refractivity contribution in [2.45, 2.75) is 0 Å². The summed E-state index contributed by atoms with van der Waals surface area (Å²) in [5.74, 6) is 0. The third kappa shape index (κ3) is 3.71. The number of rotatable bonds is 4. The van der Waals surface area contributed by atoms with Crippen molar-refractivity contribution < 1.29 is 0 Å². The zero-order valence-corrected chi connectivity index (χ0v) is 22.1. The van der Waals surface area contributed by atoms with Gasteiger partial charge in [0.25, 0.3) is 0 Å². The predicted molar refractivity (Wildman–Crippen MR) is 172 cm³/mol. The summed E-state index contributed by atoms with van der Waals surface area (Å²) in [6.45, 7) is 0. The fraction of sp³-hybridized carbons (Fsp3) is 0. The van der Waals surface area contributed by atoms with Gasteiger partial charge in [0, 0.05) is 32.9 Å². The first kappa shape index (κ1) is 23.2. The highest BCUT2D eigenvalue weighted by Gasteiger charge is 2.16. The minimum atomic E-state index is 0.360. The number of hydrogen-bond donors (Lipinski definition) is 2. The molecule has 0 atom stereocenters. The van der Waals surface area contributed by atoms with Gasteiger partial charge in [-0.2, -0.15) is 5.10 Å². The predicted octanol–water partition coefficient (Wildman–Crippen LogP) is 8.79. The van der Waals surface area contributed by atoms with Crippen LogP contribution in [0.3, 0.4) is 0 Å². The van der Waals surface area contributed by atoms with E-state index in [1.54, 1.807) is 0 Å². The second-order valence-corrected chi connectivity index (χ2v) is 10.2. The molecule has 2 aromatic heterocycles. The third-order valence-electron chi connectivity index (χ3n) is 7.83. The molecular formula is C36H25N5. The van der Waals surface area contributed by atoms with Gasteiger partial charge in [0.1, 0.15) is 5.71 Å². The summed E-state index contributed by atoms with van der Waals surface area (Å²) in [6, 6.07) is 42.1. The number of allylic oxidation sites excluding steroid dienone is 4. The van der Waals surface area contributed by atoms with Crippen molar-refractivity contribution in [3.63, 3.8) is 0 Å². The largest absolute Gasteiger partial charge is 0.309 e. The van der Waals surface area contributed by atoms with Gasteiger partial charge >= 0.3 is 0 Å². The van der Waals surface area contributed by atoms with Gasteiger partial charge in [-0.25, -0.2) is 0 Å². The minimum absolute atomic E-state index is 0.360. The first-order valence-corrected chi connectivity index (χ1v) is 13.7. The normalized spacial score (nSPS) is 14.5. The number of hydrazone groups is 1. The molecule has 0 radical (unpaired) electrons. The molecule has 5 nitrogen and oxygen atoms in total. The van der Waals surface area contributed by atoms with Crippen LogP contribution in [0.15, 0.2) is 145 Å². The third-order valence-corrected chi connectivity index (χ3v) is 7.83. The molecule has 0 saturated carbocycles. The molecule has 0 amide bonds. The Morgan fingerprint density at radius 3 is 1.46 bits per heavy atom. The van der Waals surface area contributed by atoms with E-state index in [1.165, 1.54) is 32.6 Å². The molecule has 0 saturated heterocycles. The van der Waals surface area contributed by atoms with Gasteiger partial charge in [-0.3, -0.25) is 10.8 Å². The van der Waals surface area contributed by atoms with Gasteiger partial charge in [-0.15, -0.1) is 0 Å². The number of benzene rings is 5. The van der Waals surface area contributed by atoms with Gasteiger partial charge in [0.05, 0.1) is 33.5 Å². The molecule has 7 aromatic rings. The van der Waals surface area contributed by atoms with Crippen LogP contribution in [-0.2, 0) is 0 Å². The lowest BCUT2D eigenvalue weighted by molar-refractivity contribution is 1.18. The molecule has 0 unspecified atom stereocenters. The SMILES string of the molecule is N=C1C=C(n2c3ccccc3c3ccccc32)C=C/C1=N/Nc1ccc(-n2c3ccccc3c3ccccc32)cc1. The second kappa shape index (κ2) is 9.21. The van der Waals surface area contributed by atoms with Crippen LogP contribution in [0.25, 0.3) is 55.0 Å². The standard InChI is InChI=1S/C36H25N5/c37-31-23-26(41-35-15-7-3-11-29(35)30-12-4-8-16-36(30)41)21-22-32(31)39-38-24-17-19-25(20-18-24)40-33-13-5-1-9-27(33)28-10-2-6-14-34(28)40/h1-23,37-38H/b37-31?,39-32-. The number of fused-ring (bicyclic) bond motifs is 6. The topological polar surface area (TPSA) is 58.1 Å². The van der Waals surface area contributed by atoms with Crippen molar-refractivity contribution in [1.82, 2.24) is 9.13 Å². The Labute approximate surface area is 236 Å². The van der Waals surface area contributed by atoms with E-state index < -0.39 is 0 Å². The zero-order chi connectivity index (χ0) is 27.3. The average molecular weight is 528 g/mol. The molecular weight excluding hydrogens is 502 g/mol. The first-order valence-electron chi connectivity index (χ1n) is 13.7. The van der Waals surface area contributed by atoms with E-state index >= 15 is 0 Å². The van der Waals surface area contributed by atoms with Gasteiger partial charge < -0.3 is 9.13 Å². The van der Waals surface area contributed by atoms with Crippen LogP contribution in [0.2, 0.25) is 0 Å². The molecule has 5 aromatic carbocycles. The fourth-order valence-electron chi connectivity index (χ4n) is 5.97. The first-order chi connectivity index (χ1) is 20.3. The summed E-state index contributed by atoms with van der Waals surface area (Å²) < 4.78 is 4.51. The Kier molecular flexibility index (Phi) is 5.22. The molecule has 0 spiro atoms. The lowest BCUT2D eigenvalue weighted by atomic mass is 10.1. The maximum Gasteiger partial charge on any atom is 0.108 e. The van der Waals surface area contributed by atoms with Gasteiger partial charge in [0.15, 0.2) is 0 Å². The molecule has 41 heavy (non-hydrogen) atoms. The van der Waals surface area contributed by atoms with E-state index in [0.717, 1.165) is 28.1 Å². The summed E-state index contributed by atoms with van der Waals surface area (Å²) in [5, 5.41) is 18.2. The Bertz CT molecular complexity index is 2130. The number of nitrogens with one attached hydrogen (secondary N) is 2. The van der Waals surface area contributed by atoms with Crippen molar-refractivity contribution >= 4 is 66.4 Å². The van der Waals surface area contributed by atoms with E-state index in [-0.39, 0.29) is 0 Å². The van der Waals surface area contributed by atoms with Crippen LogP contribution in [0, 0.1) is 5.41 Å². The van der Waals surface area contributed by atoms with Crippen molar-refractivity contribution in [2.75, 3.05) is 5.43 Å². The molecule has 0 aliphatic heterocycles. The zero-order valence-electron chi connectivity index (χ0n) is 22.1. The van der Waals surface area contributed by atoms with Crippen LogP contribution in [0.1, 0.15) is 0 Å². The molecule has 0 fully saturated rings. The van der Waals surface area contributed by atoms with Crippen LogP contribution >= 0.6 is 0 Å². The molecule has 5 heteroatoms. The highest BCUT2D eigenvalue weighted by atomic mass is 15.3. The van der Waals surface area contributed by atoms with E-state index in [1.807, 2.05) is 30.4 Å². The summed E-state index contributed by atoms with van der Waals surface area (Å²) in [7, 11) is 0. The molecule has 194 valence electrons. The van der Waals surface area contributed by atoms with Gasteiger partial charge in [-0.05, 0) is 66.8 Å². The van der Waals surface area contributed by atoms with Crippen LogP contribution in [-0.4, -0.2) is 20.6 Å². The molecule has 1 aliphatic carbocycles. The van der Waals surface area contributed by atoms with Crippen molar-refractivity contribution in [3.8, 4) is 5.69 Å². The highest BCUT2D eigenvalue weighted by Crippen LogP contribution is 2.33. The van der Waals surface area contributed by atoms with Gasteiger partial charge in [-0.1, -0.05) is 72.8 Å². The quantitative estimate of drug-likeness (QED) is 0.174. The van der Waals surface area contributed by atoms with Crippen molar-refractivity contribution in [3.05, 3.63) is 140 Å². The van der Waals surface area contributed by atoms with Crippen LogP contribution in [0.4, 0.5) is 5.69 Å². The lowest BCUT2D eigenvalue weighted by Crippen LogP contribution is -2.15. The van der Waals surface area contributed by atoms with Crippen LogP contribution in [0.5, 0.6) is 0 Å². The summed E-state index contributed by atoms with van der Waals surface area (Å²) in [6.07, 6.45) is 5.81. The fourth-order valence-corrected chi connectivity index (χ4v) is 5.97. The van der Waals surface area contributed by atoms with Crippen LogP contribution < -0.4 is 5.43 Å². The smallest absolute Gasteiger partial charge is 0.108 e. The van der Waals surface area contributed by atoms with E-state index in [0.29, 0.717) is 11.4 Å². The summed E-state index contributed by atoms with van der Waals surface area (Å²) in [5.41, 5.74) is 11.6. The molecule has 1 aliphatic rings. The van der Waals surface area contributed by atoms with Crippen molar-refractivity contribution in [1.29, 1.82) is 5.41 Å². The van der Waals surface area contributed by atoms with Crippen molar-refractivity contribution in [2.24, 2.45) is 5.10 Å². The highest BCUT2D eigenvalue weighted by molar-refractivity contribution is 6.51. The Balaban J connectivity index is 1.08. The lowest BCUT2D eigenvalue weighted by Gasteiger charge is -2.14. The van der Waals surface area contributed by atoms with E-state index in [2.05, 4.69) is 129 Å².